The van der Waals surface area contributed by atoms with Crippen LogP contribution in [0.1, 0.15) is 24.4 Å². The van der Waals surface area contributed by atoms with Crippen molar-refractivity contribution in [1.29, 1.82) is 0 Å². The Morgan fingerprint density at radius 1 is 1.30 bits per heavy atom. The van der Waals surface area contributed by atoms with Crippen LogP contribution in [0.2, 0.25) is 0 Å². The van der Waals surface area contributed by atoms with Gasteiger partial charge in [0.1, 0.15) is 12.2 Å². The first-order chi connectivity index (χ1) is 10.1. The Labute approximate surface area is 148 Å². The van der Waals surface area contributed by atoms with Crippen LogP contribution < -0.4 is 11.1 Å². The molecule has 0 aliphatic heterocycles. The molecule has 0 saturated heterocycles. The minimum absolute atomic E-state index is 0. The number of hydrogen-bond donors (Lipinski definition) is 2. The Balaban J connectivity index is 0.00000242. The summed E-state index contributed by atoms with van der Waals surface area (Å²) >= 11 is 0. The molecule has 3 N–H and O–H groups in total. The van der Waals surface area contributed by atoms with E-state index in [4.69, 9.17) is 5.73 Å². The van der Waals surface area contributed by atoms with Gasteiger partial charge in [-0.2, -0.15) is 0 Å². The van der Waals surface area contributed by atoms with E-state index in [0.29, 0.717) is 13.0 Å². The molecule has 1 aromatic carbocycles. The molecule has 1 amide bonds. The molecular formula is C15H23Cl2N5O. The summed E-state index contributed by atoms with van der Waals surface area (Å²) in [7, 11) is 1.88. The molecule has 1 aromatic heterocycles. The predicted molar refractivity (Wildman–Crippen MR) is 94.7 cm³/mol. The summed E-state index contributed by atoms with van der Waals surface area (Å²) in [6.45, 7) is 2.37. The lowest BCUT2D eigenvalue weighted by molar-refractivity contribution is -0.125. The van der Waals surface area contributed by atoms with E-state index in [1.165, 1.54) is 0 Å². The molecule has 23 heavy (non-hydrogen) atoms. The number of hydrogen-bond acceptors (Lipinski definition) is 4. The molecule has 2 rings (SSSR count). The number of carbonyl (C=O) groups excluding carboxylic acids is 1. The first-order valence-electron chi connectivity index (χ1n) is 7.00. The van der Waals surface area contributed by atoms with Gasteiger partial charge in [0.15, 0.2) is 0 Å². The van der Waals surface area contributed by atoms with Crippen molar-refractivity contribution in [3.8, 4) is 0 Å². The number of benzene rings is 1. The Kier molecular flexibility index (Phi) is 9.48. The first kappa shape index (κ1) is 21.4. The zero-order valence-corrected chi connectivity index (χ0v) is 14.8. The van der Waals surface area contributed by atoms with Crippen LogP contribution >= 0.6 is 24.8 Å². The average Bonchev–Trinajstić information content (AvgIpc) is 2.92. The second kappa shape index (κ2) is 10.2. The van der Waals surface area contributed by atoms with Crippen LogP contribution in [0.25, 0.3) is 0 Å². The summed E-state index contributed by atoms with van der Waals surface area (Å²) in [4.78, 5) is 12.1. The molecule has 0 saturated carbocycles. The summed E-state index contributed by atoms with van der Waals surface area (Å²) in [6.07, 6.45) is 2.29. The van der Waals surface area contributed by atoms with E-state index in [1.807, 2.05) is 48.9 Å². The van der Waals surface area contributed by atoms with Crippen LogP contribution in [-0.2, 0) is 18.3 Å². The van der Waals surface area contributed by atoms with Crippen molar-refractivity contribution in [3.63, 3.8) is 0 Å². The minimum atomic E-state index is -0.305. The Morgan fingerprint density at radius 3 is 2.52 bits per heavy atom. The van der Waals surface area contributed by atoms with Gasteiger partial charge in [-0.15, -0.1) is 35.0 Å². The summed E-state index contributed by atoms with van der Waals surface area (Å²) < 4.78 is 1.84. The second-order valence-electron chi connectivity index (χ2n) is 5.12. The highest BCUT2D eigenvalue weighted by Gasteiger charge is 2.21. The lowest BCUT2D eigenvalue weighted by Crippen LogP contribution is -2.36. The monoisotopic (exact) mass is 359 g/mol. The molecule has 0 bridgehead atoms. The predicted octanol–water partition coefficient (Wildman–Crippen LogP) is 1.65. The number of carbonyl (C=O) groups is 1. The molecule has 0 fully saturated rings. The van der Waals surface area contributed by atoms with Gasteiger partial charge in [0.05, 0.1) is 5.92 Å². The smallest absolute Gasteiger partial charge is 0.224 e. The van der Waals surface area contributed by atoms with Gasteiger partial charge in [-0.25, -0.2) is 0 Å². The Hall–Kier alpha value is -1.63. The third kappa shape index (κ3) is 5.82. The molecule has 2 aromatic rings. The molecule has 1 heterocycles. The molecule has 0 spiro atoms. The quantitative estimate of drug-likeness (QED) is 0.820. The van der Waals surface area contributed by atoms with Crippen molar-refractivity contribution in [2.45, 2.75) is 19.4 Å². The third-order valence-electron chi connectivity index (χ3n) is 3.59. The van der Waals surface area contributed by atoms with Crippen molar-refractivity contribution in [1.82, 2.24) is 20.1 Å². The molecule has 0 aliphatic carbocycles. The van der Waals surface area contributed by atoms with Gasteiger partial charge >= 0.3 is 0 Å². The van der Waals surface area contributed by atoms with E-state index in [2.05, 4.69) is 15.5 Å². The number of nitrogens with two attached hydrogens (primary N) is 1. The maximum atomic E-state index is 12.1. The minimum Gasteiger partial charge on any atom is -0.355 e. The topological polar surface area (TPSA) is 85.8 Å². The highest BCUT2D eigenvalue weighted by molar-refractivity contribution is 5.85. The van der Waals surface area contributed by atoms with E-state index in [1.54, 1.807) is 6.33 Å². The standard InChI is InChI=1S/C15H21N5O.2ClH/c1-11(14(16)12-6-4-3-5-7-12)15(21)17-9-8-13-19-18-10-20(13)2;;/h3-7,10-11,14H,8-9,16H2,1-2H3,(H,17,21);2*1H. The number of nitrogens with one attached hydrogen (secondary N) is 1. The second-order valence-corrected chi connectivity index (χ2v) is 5.12. The molecule has 128 valence electrons. The van der Waals surface area contributed by atoms with E-state index < -0.39 is 0 Å². The number of halogens is 2. The molecule has 0 aliphatic rings. The normalized spacial score (nSPS) is 12.5. The largest absolute Gasteiger partial charge is 0.355 e. The van der Waals surface area contributed by atoms with Crippen LogP contribution in [0.15, 0.2) is 36.7 Å². The third-order valence-corrected chi connectivity index (χ3v) is 3.59. The van der Waals surface area contributed by atoms with Crippen LogP contribution in [0.4, 0.5) is 0 Å². The number of nitrogens with zero attached hydrogens (tertiary/aromatic N) is 3. The van der Waals surface area contributed by atoms with Crippen LogP contribution in [0, 0.1) is 5.92 Å². The van der Waals surface area contributed by atoms with Gasteiger partial charge in [0.2, 0.25) is 5.91 Å². The summed E-state index contributed by atoms with van der Waals surface area (Å²) in [6, 6.07) is 9.35. The van der Waals surface area contributed by atoms with Gasteiger partial charge in [-0.05, 0) is 5.56 Å². The highest BCUT2D eigenvalue weighted by Crippen LogP contribution is 2.18. The van der Waals surface area contributed by atoms with Crippen molar-refractivity contribution in [3.05, 3.63) is 48.0 Å². The van der Waals surface area contributed by atoms with E-state index in [9.17, 15) is 4.79 Å². The molecule has 8 heteroatoms. The van der Waals surface area contributed by atoms with Crippen LogP contribution in [0.3, 0.4) is 0 Å². The molecule has 0 radical (unpaired) electrons. The van der Waals surface area contributed by atoms with Crippen LogP contribution in [0.5, 0.6) is 0 Å². The molecule has 2 unspecified atom stereocenters. The number of rotatable bonds is 6. The van der Waals surface area contributed by atoms with Crippen molar-refractivity contribution in [2.75, 3.05) is 6.54 Å². The van der Waals surface area contributed by atoms with Gasteiger partial charge in [0, 0.05) is 26.1 Å². The van der Waals surface area contributed by atoms with E-state index in [0.717, 1.165) is 11.4 Å². The Bertz CT molecular complexity index is 591. The number of amides is 1. The SMILES string of the molecule is CC(C(=O)NCCc1nncn1C)C(N)c1ccccc1.Cl.Cl. The van der Waals surface area contributed by atoms with Crippen molar-refractivity contribution >= 4 is 30.7 Å². The molecular weight excluding hydrogens is 337 g/mol. The average molecular weight is 360 g/mol. The van der Waals surface area contributed by atoms with E-state index in [-0.39, 0.29) is 42.7 Å². The lowest BCUT2D eigenvalue weighted by atomic mass is 9.95. The number of aromatic nitrogens is 3. The first-order valence-corrected chi connectivity index (χ1v) is 7.00. The van der Waals surface area contributed by atoms with Gasteiger partial charge in [-0.3, -0.25) is 4.79 Å². The maximum Gasteiger partial charge on any atom is 0.224 e. The molecule has 6 nitrogen and oxygen atoms in total. The van der Waals surface area contributed by atoms with Crippen LogP contribution in [-0.4, -0.2) is 27.2 Å². The zero-order chi connectivity index (χ0) is 15.2. The summed E-state index contributed by atoms with van der Waals surface area (Å²) in [5.74, 6) is 0.510. The summed E-state index contributed by atoms with van der Waals surface area (Å²) in [5, 5.41) is 10.7. The fourth-order valence-electron chi connectivity index (χ4n) is 2.12. The fourth-order valence-corrected chi connectivity index (χ4v) is 2.12. The highest BCUT2D eigenvalue weighted by atomic mass is 35.5. The lowest BCUT2D eigenvalue weighted by Gasteiger charge is -2.19. The number of aryl methyl sites for hydroxylation is 1. The summed E-state index contributed by atoms with van der Waals surface area (Å²) in [5.41, 5.74) is 7.11. The van der Waals surface area contributed by atoms with E-state index >= 15 is 0 Å². The maximum absolute atomic E-state index is 12.1. The molecule has 2 atom stereocenters. The fraction of sp³-hybridized carbons (Fsp3) is 0.400. The van der Waals surface area contributed by atoms with Crippen molar-refractivity contribution < 1.29 is 4.79 Å². The van der Waals surface area contributed by atoms with Gasteiger partial charge < -0.3 is 15.6 Å². The van der Waals surface area contributed by atoms with Crippen molar-refractivity contribution in [2.24, 2.45) is 18.7 Å². The zero-order valence-electron chi connectivity index (χ0n) is 13.2. The van der Waals surface area contributed by atoms with Gasteiger partial charge in [-0.1, -0.05) is 37.3 Å². The van der Waals surface area contributed by atoms with Gasteiger partial charge in [0.25, 0.3) is 0 Å². The Morgan fingerprint density at radius 2 is 1.96 bits per heavy atom.